The van der Waals surface area contributed by atoms with Crippen molar-refractivity contribution < 1.29 is 19.1 Å². The third-order valence-corrected chi connectivity index (χ3v) is 6.54. The van der Waals surface area contributed by atoms with Gasteiger partial charge in [0, 0.05) is 18.3 Å². The fraction of sp³-hybridized carbons (Fsp3) is 0.591. The normalized spacial score (nSPS) is 30.0. The average Bonchev–Trinajstić information content (AvgIpc) is 2.60. The highest BCUT2D eigenvalue weighted by atomic mass is 16.5. The second kappa shape index (κ2) is 7.57. The minimum atomic E-state index is -0.355. The van der Waals surface area contributed by atoms with Crippen molar-refractivity contribution in [2.75, 3.05) is 17.2 Å². The molecule has 1 aromatic rings. The Balaban J connectivity index is 1.23. The molecule has 4 saturated carbocycles. The molecule has 0 aromatic heterocycles. The van der Waals surface area contributed by atoms with E-state index in [0.717, 1.165) is 37.0 Å². The van der Waals surface area contributed by atoms with Crippen molar-refractivity contribution in [1.29, 1.82) is 0 Å². The van der Waals surface area contributed by atoms with Crippen LogP contribution in [-0.2, 0) is 19.1 Å². The molecule has 0 unspecified atom stereocenters. The zero-order valence-electron chi connectivity index (χ0n) is 16.3. The van der Waals surface area contributed by atoms with Crippen molar-refractivity contribution in [2.24, 2.45) is 23.2 Å². The molecule has 0 atom stereocenters. The molecule has 4 fully saturated rings. The first-order chi connectivity index (χ1) is 13.4. The first-order valence-corrected chi connectivity index (χ1v) is 10.2. The van der Waals surface area contributed by atoms with Crippen LogP contribution >= 0.6 is 0 Å². The fourth-order valence-electron chi connectivity index (χ4n) is 6.05. The number of nitrogens with one attached hydrogen (secondary N) is 2. The van der Waals surface area contributed by atoms with Gasteiger partial charge in [0.2, 0.25) is 5.91 Å². The predicted octanol–water partition coefficient (Wildman–Crippen LogP) is 3.73. The molecule has 0 radical (unpaired) electrons. The lowest BCUT2D eigenvalue weighted by atomic mass is 9.49. The summed E-state index contributed by atoms with van der Waals surface area (Å²) in [5, 5.41) is 5.37. The number of carbonyl (C=O) groups excluding carboxylic acids is 3. The van der Waals surface area contributed by atoms with Gasteiger partial charge in [-0.15, -0.1) is 0 Å². The first-order valence-electron chi connectivity index (χ1n) is 10.2. The Morgan fingerprint density at radius 1 is 0.929 bits per heavy atom. The highest BCUT2D eigenvalue weighted by Gasteiger charge is 2.51. The summed E-state index contributed by atoms with van der Waals surface area (Å²) in [7, 11) is 0. The lowest BCUT2D eigenvalue weighted by Gasteiger charge is -2.56. The standard InChI is InChI=1S/C22H28N2O4/c1-14(25)23-18-2-4-19(5-3-18)24-20(26)13-28-21(27)12-22-9-15-6-16(10-22)8-17(7-15)11-22/h2-5,15-17H,6-13H2,1H3,(H,23,25)(H,24,26). The number of hydrogen-bond donors (Lipinski definition) is 2. The third-order valence-electron chi connectivity index (χ3n) is 6.54. The van der Waals surface area contributed by atoms with E-state index < -0.39 is 0 Å². The van der Waals surface area contributed by atoms with E-state index in [1.807, 2.05) is 0 Å². The number of benzene rings is 1. The highest BCUT2D eigenvalue weighted by molar-refractivity contribution is 5.93. The first kappa shape index (κ1) is 19.0. The Hall–Kier alpha value is -2.37. The number of esters is 1. The van der Waals surface area contributed by atoms with Gasteiger partial charge in [0.1, 0.15) is 0 Å². The molecule has 6 heteroatoms. The van der Waals surface area contributed by atoms with Gasteiger partial charge in [-0.3, -0.25) is 14.4 Å². The predicted molar refractivity (Wildman–Crippen MR) is 106 cm³/mol. The number of anilines is 2. The molecule has 0 spiro atoms. The molecule has 6 nitrogen and oxygen atoms in total. The molecule has 5 rings (SSSR count). The Bertz CT molecular complexity index is 736. The van der Waals surface area contributed by atoms with Gasteiger partial charge in [0.15, 0.2) is 6.61 Å². The molecule has 4 bridgehead atoms. The minimum absolute atomic E-state index is 0.127. The van der Waals surface area contributed by atoms with Crippen molar-refractivity contribution in [3.63, 3.8) is 0 Å². The van der Waals surface area contributed by atoms with E-state index in [4.69, 9.17) is 4.74 Å². The molecule has 0 heterocycles. The smallest absolute Gasteiger partial charge is 0.306 e. The quantitative estimate of drug-likeness (QED) is 0.732. The lowest BCUT2D eigenvalue weighted by Crippen LogP contribution is -2.47. The molecule has 2 N–H and O–H groups in total. The molecule has 4 aliphatic carbocycles. The minimum Gasteiger partial charge on any atom is -0.456 e. The van der Waals surface area contributed by atoms with Crippen LogP contribution in [0.25, 0.3) is 0 Å². The second-order valence-electron chi connectivity index (χ2n) is 9.06. The number of carbonyl (C=O) groups is 3. The summed E-state index contributed by atoms with van der Waals surface area (Å²) in [5.74, 6) is 1.63. The Kier molecular flexibility index (Phi) is 5.13. The number of amides is 2. The zero-order chi connectivity index (χ0) is 19.7. The van der Waals surface area contributed by atoms with Crippen LogP contribution in [0.1, 0.15) is 51.9 Å². The van der Waals surface area contributed by atoms with E-state index in [0.29, 0.717) is 17.8 Å². The van der Waals surface area contributed by atoms with E-state index in [1.54, 1.807) is 24.3 Å². The van der Waals surface area contributed by atoms with Gasteiger partial charge in [-0.2, -0.15) is 0 Å². The molecule has 0 aliphatic heterocycles. The largest absolute Gasteiger partial charge is 0.456 e. The van der Waals surface area contributed by atoms with Gasteiger partial charge in [0.25, 0.3) is 5.91 Å². The van der Waals surface area contributed by atoms with E-state index in [-0.39, 0.29) is 29.8 Å². The second-order valence-corrected chi connectivity index (χ2v) is 9.06. The van der Waals surface area contributed by atoms with Crippen LogP contribution in [0.3, 0.4) is 0 Å². The van der Waals surface area contributed by atoms with Crippen LogP contribution in [0.5, 0.6) is 0 Å². The van der Waals surface area contributed by atoms with Gasteiger partial charge in [0.05, 0.1) is 6.42 Å². The maximum Gasteiger partial charge on any atom is 0.306 e. The van der Waals surface area contributed by atoms with Crippen molar-refractivity contribution in [3.05, 3.63) is 24.3 Å². The Labute approximate surface area is 165 Å². The molecule has 4 aliphatic rings. The molecular formula is C22H28N2O4. The van der Waals surface area contributed by atoms with Crippen LogP contribution in [-0.4, -0.2) is 24.4 Å². The van der Waals surface area contributed by atoms with Crippen LogP contribution in [0.15, 0.2) is 24.3 Å². The Morgan fingerprint density at radius 2 is 1.43 bits per heavy atom. The maximum absolute atomic E-state index is 12.4. The van der Waals surface area contributed by atoms with E-state index in [9.17, 15) is 14.4 Å². The van der Waals surface area contributed by atoms with Gasteiger partial charge in [-0.05, 0) is 86.0 Å². The number of hydrogen-bond acceptors (Lipinski definition) is 4. The maximum atomic E-state index is 12.4. The SMILES string of the molecule is CC(=O)Nc1ccc(NC(=O)COC(=O)CC23CC4CC(CC(C4)C2)C3)cc1. The van der Waals surface area contributed by atoms with Gasteiger partial charge < -0.3 is 15.4 Å². The van der Waals surface area contributed by atoms with Gasteiger partial charge in [-0.25, -0.2) is 0 Å². The van der Waals surface area contributed by atoms with Crippen LogP contribution < -0.4 is 10.6 Å². The summed E-state index contributed by atoms with van der Waals surface area (Å²) < 4.78 is 5.28. The zero-order valence-corrected chi connectivity index (χ0v) is 16.3. The molecular weight excluding hydrogens is 356 g/mol. The Morgan fingerprint density at radius 3 is 1.93 bits per heavy atom. The number of ether oxygens (including phenoxy) is 1. The van der Waals surface area contributed by atoms with Crippen molar-refractivity contribution >= 4 is 29.2 Å². The van der Waals surface area contributed by atoms with E-state index in [1.165, 1.54) is 26.2 Å². The van der Waals surface area contributed by atoms with Crippen molar-refractivity contribution in [3.8, 4) is 0 Å². The molecule has 28 heavy (non-hydrogen) atoms. The summed E-state index contributed by atoms with van der Waals surface area (Å²) in [6, 6.07) is 6.80. The summed E-state index contributed by atoms with van der Waals surface area (Å²) >= 11 is 0. The molecule has 2 amide bonds. The van der Waals surface area contributed by atoms with Crippen molar-refractivity contribution in [2.45, 2.75) is 51.9 Å². The van der Waals surface area contributed by atoms with Gasteiger partial charge >= 0.3 is 5.97 Å². The monoisotopic (exact) mass is 384 g/mol. The third kappa shape index (κ3) is 4.37. The number of rotatable bonds is 6. The molecule has 0 saturated heterocycles. The van der Waals surface area contributed by atoms with E-state index in [2.05, 4.69) is 10.6 Å². The summed E-state index contributed by atoms with van der Waals surface area (Å²) in [5.41, 5.74) is 1.38. The highest BCUT2D eigenvalue weighted by Crippen LogP contribution is 2.61. The van der Waals surface area contributed by atoms with Crippen LogP contribution in [0.4, 0.5) is 11.4 Å². The molecule has 150 valence electrons. The average molecular weight is 384 g/mol. The fourth-order valence-corrected chi connectivity index (χ4v) is 6.05. The lowest BCUT2D eigenvalue weighted by molar-refractivity contribution is -0.154. The topological polar surface area (TPSA) is 84.5 Å². The summed E-state index contributed by atoms with van der Waals surface area (Å²) in [6.07, 6.45) is 7.95. The van der Waals surface area contributed by atoms with Crippen LogP contribution in [0.2, 0.25) is 0 Å². The summed E-state index contributed by atoms with van der Waals surface area (Å²) in [6.45, 7) is 1.17. The summed E-state index contributed by atoms with van der Waals surface area (Å²) in [4.78, 5) is 35.5. The van der Waals surface area contributed by atoms with Gasteiger partial charge in [-0.1, -0.05) is 0 Å². The van der Waals surface area contributed by atoms with Crippen LogP contribution in [0, 0.1) is 23.2 Å². The van der Waals surface area contributed by atoms with Crippen molar-refractivity contribution in [1.82, 2.24) is 0 Å². The van der Waals surface area contributed by atoms with E-state index >= 15 is 0 Å². The molecule has 1 aromatic carbocycles.